The van der Waals surface area contributed by atoms with E-state index in [0.29, 0.717) is 35.3 Å². The standard InChI is InChI=1S/C12H15ClN6O2.C2H4O2/c13-7-1-2-9(21-4-3-14)8(5-7)11(20)16-6-10-17-12(15)19-18-10;1-2(3)4/h1-2,5H,3-4,6,14H2,(H,16,20)(H3,15,17,18,19);1H3,(H,3,4). The van der Waals surface area contributed by atoms with Crippen molar-refractivity contribution in [3.63, 3.8) is 0 Å². The number of ether oxygens (including phenoxy) is 1. The Morgan fingerprint density at radius 2 is 2.12 bits per heavy atom. The van der Waals surface area contributed by atoms with Gasteiger partial charge in [0.25, 0.3) is 11.9 Å². The Balaban J connectivity index is 0.000000705. The molecule has 1 aromatic heterocycles. The molecule has 0 spiro atoms. The van der Waals surface area contributed by atoms with Gasteiger partial charge in [0.1, 0.15) is 18.2 Å². The van der Waals surface area contributed by atoms with Gasteiger partial charge in [-0.2, -0.15) is 4.98 Å². The maximum Gasteiger partial charge on any atom is 0.300 e. The van der Waals surface area contributed by atoms with Gasteiger partial charge < -0.3 is 26.6 Å². The van der Waals surface area contributed by atoms with E-state index in [4.69, 9.17) is 37.7 Å². The second-order valence-electron chi connectivity index (χ2n) is 4.62. The lowest BCUT2D eigenvalue weighted by Crippen LogP contribution is -2.24. The van der Waals surface area contributed by atoms with Gasteiger partial charge in [-0.05, 0) is 18.2 Å². The zero-order valence-corrected chi connectivity index (χ0v) is 14.2. The third-order valence-corrected chi connectivity index (χ3v) is 2.76. The number of nitrogen functional groups attached to an aromatic ring is 1. The van der Waals surface area contributed by atoms with E-state index in [-0.39, 0.29) is 18.4 Å². The average Bonchev–Trinajstić information content (AvgIpc) is 2.96. The number of nitrogens with two attached hydrogens (primary N) is 2. The smallest absolute Gasteiger partial charge is 0.300 e. The largest absolute Gasteiger partial charge is 0.491 e. The highest BCUT2D eigenvalue weighted by molar-refractivity contribution is 6.31. The number of benzene rings is 1. The van der Waals surface area contributed by atoms with Crippen LogP contribution < -0.4 is 21.5 Å². The number of carbonyl (C=O) groups is 2. The number of carboxylic acids is 1. The Kier molecular flexibility index (Phi) is 8.16. The number of H-pyrrole nitrogens is 1. The number of nitrogens with zero attached hydrogens (tertiary/aromatic N) is 2. The average molecular weight is 371 g/mol. The first-order valence-electron chi connectivity index (χ1n) is 7.10. The third-order valence-electron chi connectivity index (χ3n) is 2.53. The van der Waals surface area contributed by atoms with E-state index in [2.05, 4.69) is 20.5 Å². The summed E-state index contributed by atoms with van der Waals surface area (Å²) in [4.78, 5) is 25.1. The highest BCUT2D eigenvalue weighted by atomic mass is 35.5. The molecule has 11 heteroatoms. The van der Waals surface area contributed by atoms with E-state index in [1.54, 1.807) is 12.1 Å². The molecule has 0 atom stereocenters. The van der Waals surface area contributed by atoms with Crippen molar-refractivity contribution >= 4 is 29.4 Å². The fraction of sp³-hybridized carbons (Fsp3) is 0.286. The van der Waals surface area contributed by atoms with Gasteiger partial charge in [0.2, 0.25) is 5.95 Å². The molecule has 0 aliphatic heterocycles. The number of hydrogen-bond donors (Lipinski definition) is 5. The molecule has 0 unspecified atom stereocenters. The van der Waals surface area contributed by atoms with Gasteiger partial charge in [0.15, 0.2) is 0 Å². The van der Waals surface area contributed by atoms with Crippen molar-refractivity contribution in [3.8, 4) is 5.75 Å². The summed E-state index contributed by atoms with van der Waals surface area (Å²) >= 11 is 5.91. The number of halogens is 1. The van der Waals surface area contributed by atoms with Crippen molar-refractivity contribution in [3.05, 3.63) is 34.6 Å². The quantitative estimate of drug-likeness (QED) is 0.486. The molecular weight excluding hydrogens is 352 g/mol. The summed E-state index contributed by atoms with van der Waals surface area (Å²) in [5.74, 6) is -0.194. The Morgan fingerprint density at radius 1 is 1.44 bits per heavy atom. The Bertz CT molecular complexity index is 717. The number of anilines is 1. The van der Waals surface area contributed by atoms with Crippen LogP contribution in [-0.2, 0) is 11.3 Å². The SMILES string of the molecule is CC(=O)O.NCCOc1ccc(Cl)cc1C(=O)NCc1nc(N)n[nH]1. The number of nitrogens with one attached hydrogen (secondary N) is 2. The molecule has 2 rings (SSSR count). The molecule has 0 bridgehead atoms. The van der Waals surface area contributed by atoms with Gasteiger partial charge in [-0.1, -0.05) is 11.6 Å². The van der Waals surface area contributed by atoms with Crippen molar-refractivity contribution < 1.29 is 19.4 Å². The summed E-state index contributed by atoms with van der Waals surface area (Å²) in [6.45, 7) is 1.90. The Hall–Kier alpha value is -2.85. The predicted octanol–water partition coefficient (Wildman–Crippen LogP) is 0.399. The second kappa shape index (κ2) is 10.1. The van der Waals surface area contributed by atoms with Crippen LogP contribution in [0.1, 0.15) is 23.1 Å². The fourth-order valence-electron chi connectivity index (χ4n) is 1.62. The van der Waals surface area contributed by atoms with Gasteiger partial charge in [-0.15, -0.1) is 5.10 Å². The first-order chi connectivity index (χ1) is 11.8. The highest BCUT2D eigenvalue weighted by Gasteiger charge is 2.14. The molecule has 136 valence electrons. The lowest BCUT2D eigenvalue weighted by molar-refractivity contribution is -0.134. The van der Waals surface area contributed by atoms with Gasteiger partial charge >= 0.3 is 0 Å². The van der Waals surface area contributed by atoms with Gasteiger partial charge in [0.05, 0.1) is 12.1 Å². The summed E-state index contributed by atoms with van der Waals surface area (Å²) in [6, 6.07) is 4.79. The number of hydrogen-bond acceptors (Lipinski definition) is 7. The van der Waals surface area contributed by atoms with E-state index in [0.717, 1.165) is 6.92 Å². The molecule has 1 heterocycles. The monoisotopic (exact) mass is 370 g/mol. The number of aliphatic carboxylic acids is 1. The molecule has 0 saturated heterocycles. The second-order valence-corrected chi connectivity index (χ2v) is 5.06. The molecule has 0 radical (unpaired) electrons. The van der Waals surface area contributed by atoms with Crippen LogP contribution in [0.25, 0.3) is 0 Å². The zero-order valence-electron chi connectivity index (χ0n) is 13.5. The van der Waals surface area contributed by atoms with E-state index >= 15 is 0 Å². The van der Waals surface area contributed by atoms with Crippen LogP contribution >= 0.6 is 11.6 Å². The zero-order chi connectivity index (χ0) is 18.8. The molecule has 0 aliphatic rings. The normalized spacial score (nSPS) is 9.72. The van der Waals surface area contributed by atoms with Crippen LogP contribution in [0.5, 0.6) is 5.75 Å². The van der Waals surface area contributed by atoms with Crippen molar-refractivity contribution in [1.29, 1.82) is 0 Å². The number of carboxylic acid groups (broad SMARTS) is 1. The minimum atomic E-state index is -0.833. The van der Waals surface area contributed by atoms with Crippen LogP contribution in [-0.4, -0.2) is 45.3 Å². The summed E-state index contributed by atoms with van der Waals surface area (Å²) in [7, 11) is 0. The molecule has 10 nitrogen and oxygen atoms in total. The number of aromatic amines is 1. The van der Waals surface area contributed by atoms with Gasteiger partial charge in [-0.3, -0.25) is 14.7 Å². The third kappa shape index (κ3) is 7.50. The van der Waals surface area contributed by atoms with Crippen molar-refractivity contribution in [2.45, 2.75) is 13.5 Å². The summed E-state index contributed by atoms with van der Waals surface area (Å²) < 4.78 is 5.42. The lowest BCUT2D eigenvalue weighted by Gasteiger charge is -2.11. The van der Waals surface area contributed by atoms with E-state index in [1.807, 2.05) is 0 Å². The summed E-state index contributed by atoms with van der Waals surface area (Å²) in [6.07, 6.45) is 0. The van der Waals surface area contributed by atoms with Crippen LogP contribution in [0, 0.1) is 0 Å². The maximum atomic E-state index is 12.2. The molecule has 0 saturated carbocycles. The van der Waals surface area contributed by atoms with Crippen LogP contribution in [0.4, 0.5) is 5.95 Å². The topological polar surface area (TPSA) is 169 Å². The number of amides is 1. The first-order valence-corrected chi connectivity index (χ1v) is 7.48. The molecule has 2 aromatic rings. The van der Waals surface area contributed by atoms with Crippen molar-refractivity contribution in [2.24, 2.45) is 5.73 Å². The maximum absolute atomic E-state index is 12.2. The predicted molar refractivity (Wildman–Crippen MR) is 91.3 cm³/mol. The molecule has 1 aromatic carbocycles. The fourth-order valence-corrected chi connectivity index (χ4v) is 1.79. The minimum Gasteiger partial charge on any atom is -0.491 e. The van der Waals surface area contributed by atoms with Gasteiger partial charge in [0, 0.05) is 18.5 Å². The summed E-state index contributed by atoms with van der Waals surface area (Å²) in [5, 5.41) is 16.8. The molecule has 1 amide bonds. The van der Waals surface area contributed by atoms with Gasteiger partial charge in [-0.25, -0.2) is 0 Å². The minimum absolute atomic E-state index is 0.119. The number of rotatable bonds is 6. The van der Waals surface area contributed by atoms with Crippen LogP contribution in [0.15, 0.2) is 18.2 Å². The Labute approximate surface area is 148 Å². The molecule has 25 heavy (non-hydrogen) atoms. The molecule has 0 fully saturated rings. The highest BCUT2D eigenvalue weighted by Crippen LogP contribution is 2.23. The lowest BCUT2D eigenvalue weighted by atomic mass is 10.2. The van der Waals surface area contributed by atoms with Crippen LogP contribution in [0.2, 0.25) is 5.02 Å². The first kappa shape index (κ1) is 20.2. The number of carbonyl (C=O) groups excluding carboxylic acids is 1. The van der Waals surface area contributed by atoms with Crippen molar-refractivity contribution in [1.82, 2.24) is 20.5 Å². The van der Waals surface area contributed by atoms with Crippen LogP contribution in [0.3, 0.4) is 0 Å². The number of aromatic nitrogens is 3. The van der Waals surface area contributed by atoms with E-state index < -0.39 is 5.97 Å². The molecule has 7 N–H and O–H groups in total. The summed E-state index contributed by atoms with van der Waals surface area (Å²) in [5.41, 5.74) is 11.1. The van der Waals surface area contributed by atoms with E-state index in [9.17, 15) is 4.79 Å². The Morgan fingerprint density at radius 3 is 2.68 bits per heavy atom. The molecular formula is C14H19ClN6O4. The molecule has 0 aliphatic carbocycles. The van der Waals surface area contributed by atoms with Crippen molar-refractivity contribution in [2.75, 3.05) is 18.9 Å². The van der Waals surface area contributed by atoms with E-state index in [1.165, 1.54) is 6.07 Å².